The summed E-state index contributed by atoms with van der Waals surface area (Å²) in [6, 6.07) is 0. The molecule has 0 heterocycles. The third-order valence-corrected chi connectivity index (χ3v) is 4.72. The van der Waals surface area contributed by atoms with E-state index in [0.29, 0.717) is 0 Å². The lowest BCUT2D eigenvalue weighted by atomic mass is 9.89. The molecule has 1 rings (SSSR count). The third kappa shape index (κ3) is 9.35. The van der Waals surface area contributed by atoms with Gasteiger partial charge in [-0.2, -0.15) is 0 Å². The predicted octanol–water partition coefficient (Wildman–Crippen LogP) is 5.30. The van der Waals surface area contributed by atoms with Gasteiger partial charge in [-0.25, -0.2) is 0 Å². The molecule has 1 unspecified atom stereocenters. The van der Waals surface area contributed by atoms with Gasteiger partial charge in [0.2, 0.25) is 0 Å². The van der Waals surface area contributed by atoms with Gasteiger partial charge in [0.15, 0.2) is 0 Å². The number of aliphatic hydroxyl groups is 1. The third-order valence-electron chi connectivity index (χ3n) is 4.34. The first-order valence-corrected chi connectivity index (χ1v) is 9.56. The average molecular weight is 393 g/mol. The highest BCUT2D eigenvalue weighted by molar-refractivity contribution is 14.1. The first kappa shape index (κ1) is 18.4. The van der Waals surface area contributed by atoms with Crippen LogP contribution in [0.2, 0.25) is 0 Å². The molecule has 0 aromatic carbocycles. The Morgan fingerprint density at radius 1 is 0.800 bits per heavy atom. The van der Waals surface area contributed by atoms with Crippen LogP contribution in [0.5, 0.6) is 0 Å². The Labute approximate surface area is 139 Å². The Morgan fingerprint density at radius 2 is 1.25 bits per heavy atom. The lowest BCUT2D eigenvalue weighted by molar-refractivity contribution is 0.0245. The van der Waals surface area contributed by atoms with Crippen molar-refractivity contribution in [2.45, 2.75) is 89.1 Å². The van der Waals surface area contributed by atoms with Crippen LogP contribution in [0.4, 0.5) is 0 Å². The van der Waals surface area contributed by atoms with E-state index in [1.54, 1.807) is 0 Å². The molecule has 0 saturated carbocycles. The average Bonchev–Trinajstić information content (AvgIpc) is 2.42. The lowest BCUT2D eigenvalue weighted by Gasteiger charge is -2.27. The van der Waals surface area contributed by atoms with Crippen LogP contribution in [0.1, 0.15) is 83.5 Å². The summed E-state index contributed by atoms with van der Waals surface area (Å²) < 4.78 is 3.14. The van der Waals surface area contributed by atoms with Gasteiger partial charge < -0.3 is 5.11 Å². The van der Waals surface area contributed by atoms with Crippen molar-refractivity contribution in [1.82, 2.24) is 3.53 Å². The minimum Gasteiger partial charge on any atom is -0.389 e. The van der Waals surface area contributed by atoms with E-state index in [-0.39, 0.29) is 0 Å². The molecule has 0 fully saturated rings. The molecular weight excluding hydrogens is 361 g/mol. The second-order valence-corrected chi connectivity index (χ2v) is 7.03. The highest BCUT2D eigenvalue weighted by Gasteiger charge is 2.24. The minimum absolute atomic E-state index is 0.474. The Bertz CT molecular complexity index is 257. The van der Waals surface area contributed by atoms with E-state index < -0.39 is 5.60 Å². The van der Waals surface area contributed by atoms with Crippen molar-refractivity contribution in [3.05, 3.63) is 12.2 Å². The van der Waals surface area contributed by atoms with Crippen molar-refractivity contribution in [3.8, 4) is 0 Å². The zero-order valence-corrected chi connectivity index (χ0v) is 15.0. The monoisotopic (exact) mass is 393 g/mol. The summed E-state index contributed by atoms with van der Waals surface area (Å²) in [6.45, 7) is 0.732. The molecule has 0 aromatic rings. The fourth-order valence-corrected chi connectivity index (χ4v) is 3.69. The van der Waals surface area contributed by atoms with Gasteiger partial charge in [-0.3, -0.25) is 3.53 Å². The first-order valence-electron chi connectivity index (χ1n) is 8.48. The van der Waals surface area contributed by atoms with E-state index in [2.05, 4.69) is 38.5 Å². The molecule has 0 aliphatic heterocycles. The van der Waals surface area contributed by atoms with Gasteiger partial charge in [-0.1, -0.05) is 57.1 Å². The molecular formula is C17H32INO. The molecule has 1 atom stereocenters. The van der Waals surface area contributed by atoms with Crippen LogP contribution in [0.15, 0.2) is 12.2 Å². The molecule has 1 aliphatic carbocycles. The molecule has 0 aromatic heterocycles. The lowest BCUT2D eigenvalue weighted by Crippen LogP contribution is -2.37. The maximum atomic E-state index is 10.7. The van der Waals surface area contributed by atoms with Crippen LogP contribution in [0.25, 0.3) is 0 Å². The Kier molecular flexibility index (Phi) is 11.1. The topological polar surface area (TPSA) is 32.3 Å². The number of rotatable bonds is 2. The molecule has 20 heavy (non-hydrogen) atoms. The Balaban J connectivity index is 2.36. The van der Waals surface area contributed by atoms with Gasteiger partial charge in [0.1, 0.15) is 0 Å². The molecule has 1 aliphatic rings. The number of nitrogens with one attached hydrogen (secondary N) is 1. The molecule has 0 radical (unpaired) electrons. The molecule has 3 heteroatoms. The largest absolute Gasteiger partial charge is 0.389 e. The van der Waals surface area contributed by atoms with Crippen LogP contribution in [-0.4, -0.2) is 17.3 Å². The first-order chi connectivity index (χ1) is 9.77. The number of hydrogen-bond donors (Lipinski definition) is 2. The van der Waals surface area contributed by atoms with Gasteiger partial charge in [0.25, 0.3) is 0 Å². The molecule has 0 spiro atoms. The van der Waals surface area contributed by atoms with Crippen molar-refractivity contribution in [1.29, 1.82) is 0 Å². The van der Waals surface area contributed by atoms with Crippen molar-refractivity contribution >= 4 is 22.9 Å². The van der Waals surface area contributed by atoms with Gasteiger partial charge in [-0.15, -0.1) is 0 Å². The summed E-state index contributed by atoms with van der Waals surface area (Å²) in [5.41, 5.74) is -0.474. The van der Waals surface area contributed by atoms with Crippen molar-refractivity contribution in [3.63, 3.8) is 0 Å². The van der Waals surface area contributed by atoms with Gasteiger partial charge in [0.05, 0.1) is 5.60 Å². The highest BCUT2D eigenvalue weighted by atomic mass is 127. The predicted molar refractivity (Wildman–Crippen MR) is 96.1 cm³/mol. The van der Waals surface area contributed by atoms with E-state index in [4.69, 9.17) is 0 Å². The standard InChI is InChI=1S/C17H32INO/c18-19-16-17(20)14-12-10-8-6-4-2-1-3-5-7-9-11-13-15-17/h1-2,19-20H,3-16H2. The zero-order chi connectivity index (χ0) is 14.5. The van der Waals surface area contributed by atoms with E-state index in [1.807, 2.05) is 0 Å². The molecule has 0 amide bonds. The van der Waals surface area contributed by atoms with Crippen LogP contribution >= 0.6 is 22.9 Å². The van der Waals surface area contributed by atoms with Crippen LogP contribution < -0.4 is 3.53 Å². The van der Waals surface area contributed by atoms with Gasteiger partial charge in [-0.05, 0) is 38.5 Å². The summed E-state index contributed by atoms with van der Waals surface area (Å²) in [4.78, 5) is 0. The highest BCUT2D eigenvalue weighted by Crippen LogP contribution is 2.23. The van der Waals surface area contributed by atoms with Crippen LogP contribution in [-0.2, 0) is 0 Å². The number of allylic oxidation sites excluding steroid dienone is 2. The molecule has 118 valence electrons. The van der Waals surface area contributed by atoms with E-state index in [1.165, 1.54) is 70.6 Å². The normalized spacial score (nSPS) is 28.3. The Hall–Kier alpha value is 0.390. The summed E-state index contributed by atoms with van der Waals surface area (Å²) in [6.07, 6.45) is 20.6. The zero-order valence-electron chi connectivity index (χ0n) is 12.9. The summed E-state index contributed by atoms with van der Waals surface area (Å²) in [7, 11) is 0. The summed E-state index contributed by atoms with van der Waals surface area (Å²) >= 11 is 2.16. The van der Waals surface area contributed by atoms with Crippen LogP contribution in [0, 0.1) is 0 Å². The van der Waals surface area contributed by atoms with Gasteiger partial charge >= 0.3 is 0 Å². The van der Waals surface area contributed by atoms with Crippen molar-refractivity contribution in [2.24, 2.45) is 0 Å². The molecule has 2 N–H and O–H groups in total. The molecule has 0 saturated heterocycles. The van der Waals surface area contributed by atoms with Crippen molar-refractivity contribution in [2.75, 3.05) is 6.54 Å². The van der Waals surface area contributed by atoms with Crippen LogP contribution in [0.3, 0.4) is 0 Å². The van der Waals surface area contributed by atoms with E-state index in [0.717, 1.165) is 19.4 Å². The second kappa shape index (κ2) is 12.0. The van der Waals surface area contributed by atoms with Gasteiger partial charge in [0, 0.05) is 29.4 Å². The summed E-state index contributed by atoms with van der Waals surface area (Å²) in [5.74, 6) is 0. The second-order valence-electron chi connectivity index (χ2n) is 6.27. The number of halogens is 1. The SMILES string of the molecule is OC1(CNI)CCCCCCC=CCCCCCCC1. The maximum absolute atomic E-state index is 10.7. The van der Waals surface area contributed by atoms with E-state index >= 15 is 0 Å². The fourth-order valence-electron chi connectivity index (χ4n) is 2.98. The number of hydrogen-bond acceptors (Lipinski definition) is 2. The van der Waals surface area contributed by atoms with E-state index in [9.17, 15) is 5.11 Å². The maximum Gasteiger partial charge on any atom is 0.0779 e. The fraction of sp³-hybridized carbons (Fsp3) is 0.882. The molecule has 2 nitrogen and oxygen atoms in total. The minimum atomic E-state index is -0.474. The van der Waals surface area contributed by atoms with Crippen molar-refractivity contribution < 1.29 is 5.11 Å². The molecule has 0 bridgehead atoms. The quantitative estimate of drug-likeness (QED) is 0.379. The Morgan fingerprint density at radius 3 is 1.75 bits per heavy atom. The smallest absolute Gasteiger partial charge is 0.0779 e. The summed E-state index contributed by atoms with van der Waals surface area (Å²) in [5, 5.41) is 10.7.